The van der Waals surface area contributed by atoms with Crippen LogP contribution in [0.5, 0.6) is 0 Å². The summed E-state index contributed by atoms with van der Waals surface area (Å²) < 4.78 is 27.2. The molecule has 0 radical (unpaired) electrons. The maximum Gasteiger partial charge on any atom is 0.301 e. The smallest absolute Gasteiger partial charge is 0.294 e. The quantitative estimate of drug-likeness (QED) is 0.761. The van der Waals surface area contributed by atoms with Crippen molar-refractivity contribution in [2.24, 2.45) is 0 Å². The summed E-state index contributed by atoms with van der Waals surface area (Å²) in [7, 11) is -0.252. The number of nitrogens with zero attached hydrogens (tertiary/aromatic N) is 1. The first-order valence-electron chi connectivity index (χ1n) is 4.36. The summed E-state index contributed by atoms with van der Waals surface area (Å²) in [5.74, 6) is -0.160. The number of benzene rings is 1. The Labute approximate surface area is 89.7 Å². The van der Waals surface area contributed by atoms with Crippen LogP contribution in [-0.4, -0.2) is 33.3 Å². The lowest BCUT2D eigenvalue weighted by Gasteiger charge is -2.11. The lowest BCUT2D eigenvalue weighted by atomic mass is 10.3. The molecule has 0 bridgehead atoms. The van der Waals surface area contributed by atoms with Gasteiger partial charge in [0.25, 0.3) is 0 Å². The van der Waals surface area contributed by atoms with Gasteiger partial charge in [-0.25, -0.2) is 5.48 Å². The Bertz CT molecular complexity index is 389. The van der Waals surface area contributed by atoms with Gasteiger partial charge in [0.05, 0.1) is 5.69 Å². The Morgan fingerprint density at radius 1 is 1.27 bits per heavy atom. The van der Waals surface area contributed by atoms with Crippen LogP contribution >= 0.6 is 0 Å². The molecule has 0 saturated heterocycles. The Morgan fingerprint density at radius 3 is 2.40 bits per heavy atom. The van der Waals surface area contributed by atoms with Gasteiger partial charge in [-0.05, 0) is 26.2 Å². The first kappa shape index (κ1) is 12.0. The van der Waals surface area contributed by atoms with Gasteiger partial charge < -0.3 is 0 Å². The van der Waals surface area contributed by atoms with Gasteiger partial charge in [-0.15, -0.1) is 0 Å². The standard InChI is InChI=1S/C9H14N2O3S/c1-11(2)8-15(12,13)14-10-9-6-4-3-5-7-9/h3-7,10H,8H2,1-2H3. The number of hydrogen-bond acceptors (Lipinski definition) is 5. The molecule has 0 aliphatic rings. The van der Waals surface area contributed by atoms with Gasteiger partial charge >= 0.3 is 10.1 Å². The molecule has 0 atom stereocenters. The second-order valence-corrected chi connectivity index (χ2v) is 4.86. The molecule has 1 N–H and O–H groups in total. The molecule has 0 aliphatic carbocycles. The third kappa shape index (κ3) is 4.78. The average Bonchev–Trinajstić information content (AvgIpc) is 2.15. The van der Waals surface area contributed by atoms with Gasteiger partial charge in [-0.2, -0.15) is 12.7 Å². The Morgan fingerprint density at radius 2 is 1.87 bits per heavy atom. The number of anilines is 1. The van der Waals surface area contributed by atoms with E-state index in [2.05, 4.69) is 9.76 Å². The maximum absolute atomic E-state index is 11.3. The molecule has 5 nitrogen and oxygen atoms in total. The third-order valence-corrected chi connectivity index (χ3v) is 2.65. The highest BCUT2D eigenvalue weighted by Gasteiger charge is 2.12. The zero-order valence-corrected chi connectivity index (χ0v) is 9.49. The number of hydrogen-bond donors (Lipinski definition) is 1. The van der Waals surface area contributed by atoms with E-state index in [9.17, 15) is 8.42 Å². The second-order valence-electron chi connectivity index (χ2n) is 3.32. The van der Waals surface area contributed by atoms with Crippen LogP contribution in [0.4, 0.5) is 5.69 Å². The zero-order valence-electron chi connectivity index (χ0n) is 8.67. The maximum atomic E-state index is 11.3. The van der Waals surface area contributed by atoms with Crippen molar-refractivity contribution in [1.29, 1.82) is 0 Å². The van der Waals surface area contributed by atoms with Gasteiger partial charge in [-0.3, -0.25) is 4.90 Å². The molecule has 0 unspecified atom stereocenters. The highest BCUT2D eigenvalue weighted by atomic mass is 32.2. The minimum absolute atomic E-state index is 0.160. The Kier molecular flexibility index (Phi) is 4.07. The molecule has 0 fully saturated rings. The molecule has 0 heterocycles. The fourth-order valence-electron chi connectivity index (χ4n) is 0.960. The normalized spacial score (nSPS) is 11.7. The zero-order chi connectivity index (χ0) is 11.3. The van der Waals surface area contributed by atoms with Crippen LogP contribution in [0.15, 0.2) is 30.3 Å². The predicted molar refractivity (Wildman–Crippen MR) is 58.6 cm³/mol. The number of nitrogens with one attached hydrogen (secondary N) is 1. The van der Waals surface area contributed by atoms with Crippen molar-refractivity contribution < 1.29 is 12.7 Å². The summed E-state index contributed by atoms with van der Waals surface area (Å²) in [5.41, 5.74) is 2.97. The Balaban J connectivity index is 2.50. The summed E-state index contributed by atoms with van der Waals surface area (Å²) in [6, 6.07) is 8.82. The summed E-state index contributed by atoms with van der Waals surface area (Å²) in [6.07, 6.45) is 0. The van der Waals surface area contributed by atoms with Crippen LogP contribution in [0, 0.1) is 0 Å². The van der Waals surface area contributed by atoms with Gasteiger partial charge in [0, 0.05) is 0 Å². The van der Waals surface area contributed by atoms with E-state index >= 15 is 0 Å². The van der Waals surface area contributed by atoms with Crippen LogP contribution in [0.1, 0.15) is 0 Å². The third-order valence-electron chi connectivity index (χ3n) is 1.48. The van der Waals surface area contributed by atoms with Crippen LogP contribution in [0.3, 0.4) is 0 Å². The molecule has 1 aromatic carbocycles. The van der Waals surface area contributed by atoms with Gasteiger partial charge in [0.1, 0.15) is 5.88 Å². The van der Waals surface area contributed by atoms with E-state index in [0.29, 0.717) is 5.69 Å². The minimum Gasteiger partial charge on any atom is -0.294 e. The topological polar surface area (TPSA) is 58.6 Å². The summed E-state index contributed by atoms with van der Waals surface area (Å²) in [6.45, 7) is 0. The van der Waals surface area contributed by atoms with Crippen molar-refractivity contribution >= 4 is 15.8 Å². The molecule has 0 saturated carbocycles. The summed E-state index contributed by atoms with van der Waals surface area (Å²) >= 11 is 0. The highest BCUT2D eigenvalue weighted by Crippen LogP contribution is 2.06. The first-order chi connectivity index (χ1) is 6.99. The molecule has 0 aromatic heterocycles. The van der Waals surface area contributed by atoms with Crippen LogP contribution in [0.25, 0.3) is 0 Å². The van der Waals surface area contributed by atoms with E-state index in [-0.39, 0.29) is 5.88 Å². The number of para-hydroxylation sites is 1. The molecule has 0 aliphatic heterocycles. The van der Waals surface area contributed by atoms with Crippen molar-refractivity contribution in [1.82, 2.24) is 4.90 Å². The van der Waals surface area contributed by atoms with Crippen molar-refractivity contribution in [3.05, 3.63) is 30.3 Å². The molecule has 6 heteroatoms. The lowest BCUT2D eigenvalue weighted by molar-refractivity contribution is 0.363. The molecular weight excluding hydrogens is 216 g/mol. The molecule has 1 rings (SSSR count). The largest absolute Gasteiger partial charge is 0.301 e. The molecule has 1 aromatic rings. The van der Waals surface area contributed by atoms with Crippen LogP contribution in [0.2, 0.25) is 0 Å². The summed E-state index contributed by atoms with van der Waals surface area (Å²) in [4.78, 5) is 1.52. The van der Waals surface area contributed by atoms with Crippen molar-refractivity contribution in [3.8, 4) is 0 Å². The molecule has 15 heavy (non-hydrogen) atoms. The fourth-order valence-corrected chi connectivity index (χ4v) is 1.87. The molecular formula is C9H14N2O3S. The van der Waals surface area contributed by atoms with E-state index in [0.717, 1.165) is 0 Å². The van der Waals surface area contributed by atoms with Crippen molar-refractivity contribution in [2.75, 3.05) is 25.5 Å². The molecule has 84 valence electrons. The van der Waals surface area contributed by atoms with Gasteiger partial charge in [0.2, 0.25) is 0 Å². The predicted octanol–water partition coefficient (Wildman–Crippen LogP) is 0.879. The first-order valence-corrected chi connectivity index (χ1v) is 5.94. The van der Waals surface area contributed by atoms with Crippen LogP contribution < -0.4 is 5.48 Å². The van der Waals surface area contributed by atoms with Gasteiger partial charge in [0.15, 0.2) is 0 Å². The Hall–Kier alpha value is -1.11. The molecule has 0 spiro atoms. The van der Waals surface area contributed by atoms with E-state index in [1.54, 1.807) is 38.4 Å². The van der Waals surface area contributed by atoms with E-state index in [4.69, 9.17) is 0 Å². The monoisotopic (exact) mass is 230 g/mol. The van der Waals surface area contributed by atoms with E-state index < -0.39 is 10.1 Å². The minimum atomic E-state index is -3.56. The van der Waals surface area contributed by atoms with Crippen molar-refractivity contribution in [2.45, 2.75) is 0 Å². The van der Waals surface area contributed by atoms with E-state index in [1.165, 1.54) is 4.90 Å². The highest BCUT2D eigenvalue weighted by molar-refractivity contribution is 7.86. The molecule has 0 amide bonds. The van der Waals surface area contributed by atoms with E-state index in [1.807, 2.05) is 6.07 Å². The average molecular weight is 230 g/mol. The SMILES string of the molecule is CN(C)CS(=O)(=O)ONc1ccccc1. The number of rotatable bonds is 5. The summed E-state index contributed by atoms with van der Waals surface area (Å²) in [5, 5.41) is 0. The van der Waals surface area contributed by atoms with Gasteiger partial charge in [-0.1, -0.05) is 18.2 Å². The lowest BCUT2D eigenvalue weighted by Crippen LogP contribution is -2.25. The van der Waals surface area contributed by atoms with Crippen LogP contribution in [-0.2, 0) is 14.4 Å². The van der Waals surface area contributed by atoms with Crippen molar-refractivity contribution in [3.63, 3.8) is 0 Å². The fraction of sp³-hybridized carbons (Fsp3) is 0.333. The second kappa shape index (κ2) is 5.11.